The number of hydrogen-bond acceptors (Lipinski definition) is 5. The van der Waals surface area contributed by atoms with Crippen LogP contribution >= 0.6 is 28.3 Å². The summed E-state index contributed by atoms with van der Waals surface area (Å²) in [5, 5.41) is 2.54. The van der Waals surface area contributed by atoms with Gasteiger partial charge in [-0.1, -0.05) is 0 Å². The number of aromatic nitrogens is 1. The van der Waals surface area contributed by atoms with Gasteiger partial charge in [-0.05, 0) is 46.3 Å². The van der Waals surface area contributed by atoms with E-state index in [4.69, 9.17) is 10.5 Å². The van der Waals surface area contributed by atoms with Crippen LogP contribution < -0.4 is 11.1 Å². The van der Waals surface area contributed by atoms with Crippen LogP contribution in [0.25, 0.3) is 0 Å². The lowest BCUT2D eigenvalue weighted by Crippen LogP contribution is -2.42. The normalized spacial score (nSPS) is 19.1. The molecule has 0 fully saturated rings. The summed E-state index contributed by atoms with van der Waals surface area (Å²) in [5.41, 5.74) is 3.51. The number of rotatable bonds is 4. The highest BCUT2D eigenvalue weighted by Gasteiger charge is 2.45. The summed E-state index contributed by atoms with van der Waals surface area (Å²) in [5.74, 6) is -1.34. The SMILES string of the molecule is Cl.NC1=NC[C@](c2cc(NC(=O)c3ccc(Br)cn3)ccc2F)(C(F)F)COC1. The third kappa shape index (κ3) is 5.06. The van der Waals surface area contributed by atoms with Gasteiger partial charge in [0, 0.05) is 21.9 Å². The maximum atomic E-state index is 14.5. The van der Waals surface area contributed by atoms with Crippen LogP contribution in [0.2, 0.25) is 0 Å². The number of nitrogens with two attached hydrogens (primary N) is 1. The Hall–Kier alpha value is -2.17. The molecule has 0 bridgehead atoms. The van der Waals surface area contributed by atoms with E-state index in [1.807, 2.05) is 0 Å². The first-order chi connectivity index (χ1) is 13.3. The van der Waals surface area contributed by atoms with Crippen LogP contribution in [0.15, 0.2) is 46.0 Å². The molecule has 1 atom stereocenters. The minimum Gasteiger partial charge on any atom is -0.386 e. The minimum absolute atomic E-state index is 0. The topological polar surface area (TPSA) is 89.6 Å². The predicted octanol–water partition coefficient (Wildman–Crippen LogP) is 3.55. The van der Waals surface area contributed by atoms with Crippen LogP contribution in [0.3, 0.4) is 0 Å². The fourth-order valence-electron chi connectivity index (χ4n) is 2.77. The molecule has 2 aromatic rings. The average molecular weight is 494 g/mol. The molecule has 3 N–H and O–H groups in total. The number of aliphatic imine (C=N–C) groups is 1. The molecule has 0 spiro atoms. The van der Waals surface area contributed by atoms with Gasteiger partial charge in [-0.15, -0.1) is 12.4 Å². The zero-order chi connectivity index (χ0) is 20.3. The number of amides is 1. The van der Waals surface area contributed by atoms with Gasteiger partial charge < -0.3 is 15.8 Å². The highest BCUT2D eigenvalue weighted by atomic mass is 79.9. The minimum atomic E-state index is -2.96. The third-order valence-electron chi connectivity index (χ3n) is 4.31. The number of nitrogens with zero attached hydrogens (tertiary/aromatic N) is 2. The molecule has 0 unspecified atom stereocenters. The number of alkyl halides is 2. The van der Waals surface area contributed by atoms with E-state index < -0.39 is 36.7 Å². The van der Waals surface area contributed by atoms with Crippen LogP contribution in [-0.2, 0) is 10.2 Å². The summed E-state index contributed by atoms with van der Waals surface area (Å²) < 4.78 is 48.4. The predicted molar refractivity (Wildman–Crippen MR) is 109 cm³/mol. The molecule has 1 amide bonds. The Morgan fingerprint density at radius 2 is 2.07 bits per heavy atom. The Kier molecular flexibility index (Phi) is 7.61. The summed E-state index contributed by atoms with van der Waals surface area (Å²) >= 11 is 3.21. The molecule has 3 rings (SSSR count). The van der Waals surface area contributed by atoms with Gasteiger partial charge in [0.05, 0.1) is 13.2 Å². The summed E-state index contributed by atoms with van der Waals surface area (Å²) in [6.45, 7) is -1.00. The van der Waals surface area contributed by atoms with Crippen LogP contribution in [0.4, 0.5) is 18.9 Å². The second-order valence-corrected chi connectivity index (χ2v) is 7.18. The lowest BCUT2D eigenvalue weighted by Gasteiger charge is -2.31. The molecule has 6 nitrogen and oxygen atoms in total. The van der Waals surface area contributed by atoms with E-state index in [0.717, 1.165) is 6.07 Å². The number of nitrogens with one attached hydrogen (secondary N) is 1. The molecular weight excluding hydrogens is 477 g/mol. The summed E-state index contributed by atoms with van der Waals surface area (Å²) in [6, 6.07) is 6.58. The monoisotopic (exact) mass is 492 g/mol. The van der Waals surface area contributed by atoms with Gasteiger partial charge in [-0.25, -0.2) is 18.2 Å². The quantitative estimate of drug-likeness (QED) is 0.682. The molecule has 1 aliphatic rings. The number of anilines is 1. The van der Waals surface area contributed by atoms with Crippen molar-refractivity contribution in [3.63, 3.8) is 0 Å². The molecular formula is C18H17BrClF3N4O2. The fraction of sp³-hybridized carbons (Fsp3) is 0.278. The van der Waals surface area contributed by atoms with E-state index in [0.29, 0.717) is 4.47 Å². The zero-order valence-corrected chi connectivity index (χ0v) is 17.3. The first kappa shape index (κ1) is 23.1. The van der Waals surface area contributed by atoms with Crippen molar-refractivity contribution in [3.8, 4) is 0 Å². The first-order valence-electron chi connectivity index (χ1n) is 8.19. The Bertz CT molecular complexity index is 914. The first-order valence-corrected chi connectivity index (χ1v) is 8.99. The molecule has 1 aromatic carbocycles. The molecule has 0 radical (unpaired) electrons. The summed E-state index contributed by atoms with van der Waals surface area (Å²) in [6.07, 6.45) is -1.52. The second kappa shape index (κ2) is 9.55. The highest BCUT2D eigenvalue weighted by Crippen LogP contribution is 2.36. The van der Waals surface area contributed by atoms with Gasteiger partial charge >= 0.3 is 0 Å². The van der Waals surface area contributed by atoms with E-state index >= 15 is 0 Å². The van der Waals surface area contributed by atoms with Gasteiger partial charge in [0.2, 0.25) is 0 Å². The van der Waals surface area contributed by atoms with Crippen LogP contribution in [0.1, 0.15) is 16.1 Å². The molecule has 0 saturated carbocycles. The Labute approximate surface area is 179 Å². The number of carbonyl (C=O) groups is 1. The number of amidine groups is 1. The number of pyridine rings is 1. The van der Waals surface area contributed by atoms with Gasteiger partial charge in [0.15, 0.2) is 0 Å². The molecule has 2 heterocycles. The van der Waals surface area contributed by atoms with Crippen molar-refractivity contribution in [3.05, 3.63) is 58.1 Å². The van der Waals surface area contributed by atoms with Crippen molar-refractivity contribution in [2.24, 2.45) is 10.7 Å². The second-order valence-electron chi connectivity index (χ2n) is 6.27. The Morgan fingerprint density at radius 1 is 1.31 bits per heavy atom. The van der Waals surface area contributed by atoms with Gasteiger partial charge in [-0.2, -0.15) is 0 Å². The Morgan fingerprint density at radius 3 is 2.72 bits per heavy atom. The van der Waals surface area contributed by atoms with E-state index in [1.165, 1.54) is 24.4 Å². The van der Waals surface area contributed by atoms with Crippen molar-refractivity contribution in [1.82, 2.24) is 4.98 Å². The molecule has 1 aliphatic heterocycles. The van der Waals surface area contributed by atoms with E-state index in [1.54, 1.807) is 6.07 Å². The summed E-state index contributed by atoms with van der Waals surface area (Å²) in [4.78, 5) is 20.2. The number of ether oxygens (including phenoxy) is 1. The van der Waals surface area contributed by atoms with Crippen molar-refractivity contribution in [2.45, 2.75) is 11.8 Å². The van der Waals surface area contributed by atoms with E-state index in [9.17, 15) is 18.0 Å². The fourth-order valence-corrected chi connectivity index (χ4v) is 3.01. The number of halogens is 5. The van der Waals surface area contributed by atoms with Gasteiger partial charge in [0.1, 0.15) is 29.4 Å². The number of carbonyl (C=O) groups excluding carboxylic acids is 1. The molecule has 1 aromatic heterocycles. The molecule has 156 valence electrons. The zero-order valence-electron chi connectivity index (χ0n) is 14.9. The van der Waals surface area contributed by atoms with Crippen LogP contribution in [-0.4, -0.2) is 42.9 Å². The smallest absolute Gasteiger partial charge is 0.274 e. The molecule has 0 saturated heterocycles. The van der Waals surface area contributed by atoms with Crippen LogP contribution in [0.5, 0.6) is 0 Å². The molecule has 0 aliphatic carbocycles. The van der Waals surface area contributed by atoms with Gasteiger partial charge in [0.25, 0.3) is 12.3 Å². The molecule has 11 heteroatoms. The maximum Gasteiger partial charge on any atom is 0.274 e. The maximum absolute atomic E-state index is 14.5. The van der Waals surface area contributed by atoms with E-state index in [-0.39, 0.29) is 41.8 Å². The lowest BCUT2D eigenvalue weighted by molar-refractivity contribution is -0.00102. The summed E-state index contributed by atoms with van der Waals surface area (Å²) in [7, 11) is 0. The van der Waals surface area contributed by atoms with Crippen molar-refractivity contribution in [2.75, 3.05) is 25.1 Å². The lowest BCUT2D eigenvalue weighted by atomic mass is 9.80. The number of benzene rings is 1. The third-order valence-corrected chi connectivity index (χ3v) is 4.78. The number of hydrogen-bond donors (Lipinski definition) is 2. The Balaban J connectivity index is 0.00000300. The highest BCUT2D eigenvalue weighted by molar-refractivity contribution is 9.10. The van der Waals surface area contributed by atoms with Gasteiger partial charge in [-0.3, -0.25) is 9.79 Å². The van der Waals surface area contributed by atoms with E-state index in [2.05, 4.69) is 31.2 Å². The molecule has 29 heavy (non-hydrogen) atoms. The van der Waals surface area contributed by atoms with Crippen molar-refractivity contribution >= 4 is 45.8 Å². The standard InChI is InChI=1S/C18H16BrF3N4O2.ClH/c19-10-1-4-14(24-6-10)16(27)26-11-2-3-13(20)12(5-11)18(17(21)22)8-25-15(23)7-28-9-18;/h1-6,17H,7-9H2,(H2,23,25)(H,26,27);1H/t18-;/m0./s1. The van der Waals surface area contributed by atoms with Crippen molar-refractivity contribution < 1.29 is 22.7 Å². The van der Waals surface area contributed by atoms with Crippen LogP contribution in [0, 0.1) is 5.82 Å². The largest absolute Gasteiger partial charge is 0.386 e. The average Bonchev–Trinajstić information content (AvgIpc) is 2.86. The van der Waals surface area contributed by atoms with Crippen molar-refractivity contribution in [1.29, 1.82) is 0 Å².